The lowest BCUT2D eigenvalue weighted by atomic mass is 10.1. The first-order valence-electron chi connectivity index (χ1n) is 9.13. The zero-order chi connectivity index (χ0) is 17.5. The molecular formula is C18H27N5O2. The lowest BCUT2D eigenvalue weighted by Crippen LogP contribution is -2.42. The number of unbranched alkanes of at least 4 members (excludes halogenated alkanes) is 1. The Balaban J connectivity index is 1.47. The second kappa shape index (κ2) is 8.92. The van der Waals surface area contributed by atoms with Gasteiger partial charge < -0.3 is 14.7 Å². The number of hydrogen-bond acceptors (Lipinski definition) is 5. The summed E-state index contributed by atoms with van der Waals surface area (Å²) in [5, 5.41) is 0. The molecule has 7 heteroatoms. The van der Waals surface area contributed by atoms with Gasteiger partial charge in [-0.1, -0.05) is 13.3 Å². The average molecular weight is 345 g/mol. The van der Waals surface area contributed by atoms with E-state index in [2.05, 4.69) is 31.8 Å². The van der Waals surface area contributed by atoms with Gasteiger partial charge in [0.25, 0.3) is 5.56 Å². The fourth-order valence-electron chi connectivity index (χ4n) is 3.15. The van der Waals surface area contributed by atoms with Gasteiger partial charge >= 0.3 is 0 Å². The van der Waals surface area contributed by atoms with E-state index in [9.17, 15) is 4.79 Å². The highest BCUT2D eigenvalue weighted by atomic mass is 16.5. The van der Waals surface area contributed by atoms with Crippen LogP contribution in [0.2, 0.25) is 0 Å². The van der Waals surface area contributed by atoms with Crippen LogP contribution in [0.4, 0.5) is 0 Å². The number of nitrogens with zero attached hydrogens (tertiary/aromatic N) is 3. The number of imidazole rings is 1. The zero-order valence-corrected chi connectivity index (χ0v) is 14.8. The van der Waals surface area contributed by atoms with Gasteiger partial charge in [-0.2, -0.15) is 0 Å². The largest absolute Gasteiger partial charge is 0.376 e. The van der Waals surface area contributed by atoms with E-state index in [0.717, 1.165) is 57.0 Å². The molecule has 0 radical (unpaired) electrons. The van der Waals surface area contributed by atoms with E-state index in [1.54, 1.807) is 6.07 Å². The smallest absolute Gasteiger partial charge is 0.250 e. The summed E-state index contributed by atoms with van der Waals surface area (Å²) in [7, 11) is 0. The molecule has 1 fully saturated rings. The van der Waals surface area contributed by atoms with Crippen molar-refractivity contribution < 1.29 is 4.74 Å². The standard InChI is InChI=1S/C18H27N5O2/c1-2-3-4-17-19-10-15(22-17)11-23-7-8-25-16(12-23)6-5-14-9-18(24)21-13-20-14/h9-10,13,16H,2-8,11-12H2,1H3,(H,19,22)(H,20,21,24)/t16-/m1/s1. The third-order valence-corrected chi connectivity index (χ3v) is 4.52. The first-order chi connectivity index (χ1) is 12.2. The molecule has 0 spiro atoms. The number of morpholine rings is 1. The maximum Gasteiger partial charge on any atom is 0.250 e. The van der Waals surface area contributed by atoms with Crippen LogP contribution in [-0.4, -0.2) is 50.6 Å². The molecule has 136 valence electrons. The monoisotopic (exact) mass is 345 g/mol. The van der Waals surface area contributed by atoms with Crippen molar-refractivity contribution >= 4 is 0 Å². The van der Waals surface area contributed by atoms with Crippen molar-refractivity contribution in [3.63, 3.8) is 0 Å². The first-order valence-corrected chi connectivity index (χ1v) is 9.13. The molecule has 0 bridgehead atoms. The van der Waals surface area contributed by atoms with Gasteiger partial charge in [-0.05, 0) is 19.3 Å². The molecule has 0 aliphatic carbocycles. The topological polar surface area (TPSA) is 86.9 Å². The van der Waals surface area contributed by atoms with Gasteiger partial charge in [-0.15, -0.1) is 0 Å². The van der Waals surface area contributed by atoms with Gasteiger partial charge in [-0.3, -0.25) is 9.69 Å². The van der Waals surface area contributed by atoms with E-state index in [4.69, 9.17) is 4.74 Å². The third-order valence-electron chi connectivity index (χ3n) is 4.52. The van der Waals surface area contributed by atoms with Gasteiger partial charge in [0.15, 0.2) is 0 Å². The van der Waals surface area contributed by atoms with Crippen LogP contribution in [0.3, 0.4) is 0 Å². The SMILES string of the molecule is CCCCc1ncc(CN2CCO[C@H](CCc3cc(=O)[nH]cn3)C2)[nH]1. The molecule has 3 rings (SSSR count). The molecule has 2 N–H and O–H groups in total. The predicted octanol–water partition coefficient (Wildman–Crippen LogP) is 1.67. The summed E-state index contributed by atoms with van der Waals surface area (Å²) < 4.78 is 5.87. The van der Waals surface area contributed by atoms with Gasteiger partial charge in [-0.25, -0.2) is 9.97 Å². The molecule has 0 unspecified atom stereocenters. The highest BCUT2D eigenvalue weighted by Gasteiger charge is 2.21. The minimum atomic E-state index is -0.102. The molecule has 2 aromatic heterocycles. The molecule has 2 aromatic rings. The van der Waals surface area contributed by atoms with Crippen LogP contribution in [0.1, 0.15) is 43.4 Å². The van der Waals surface area contributed by atoms with Crippen molar-refractivity contribution in [2.24, 2.45) is 0 Å². The van der Waals surface area contributed by atoms with Crippen LogP contribution >= 0.6 is 0 Å². The number of aryl methyl sites for hydroxylation is 2. The maximum atomic E-state index is 11.3. The van der Waals surface area contributed by atoms with Crippen molar-refractivity contribution in [2.75, 3.05) is 19.7 Å². The van der Waals surface area contributed by atoms with Crippen molar-refractivity contribution in [3.8, 4) is 0 Å². The molecule has 25 heavy (non-hydrogen) atoms. The lowest BCUT2D eigenvalue weighted by Gasteiger charge is -2.32. The highest BCUT2D eigenvalue weighted by molar-refractivity contribution is 5.02. The summed E-state index contributed by atoms with van der Waals surface area (Å²) in [6.45, 7) is 5.64. The normalized spacial score (nSPS) is 18.5. The molecule has 1 aliphatic rings. The second-order valence-electron chi connectivity index (χ2n) is 6.63. The molecule has 0 aromatic carbocycles. The molecule has 0 saturated carbocycles. The molecule has 3 heterocycles. The Kier molecular flexibility index (Phi) is 6.36. The van der Waals surface area contributed by atoms with Crippen LogP contribution in [0.5, 0.6) is 0 Å². The van der Waals surface area contributed by atoms with Gasteiger partial charge in [0.1, 0.15) is 5.82 Å². The van der Waals surface area contributed by atoms with Gasteiger partial charge in [0.05, 0.1) is 19.0 Å². The predicted molar refractivity (Wildman–Crippen MR) is 95.4 cm³/mol. The van der Waals surface area contributed by atoms with Crippen LogP contribution < -0.4 is 5.56 Å². The first kappa shape index (κ1) is 17.8. The number of nitrogens with one attached hydrogen (secondary N) is 2. The van der Waals surface area contributed by atoms with E-state index in [1.165, 1.54) is 24.9 Å². The van der Waals surface area contributed by atoms with E-state index in [-0.39, 0.29) is 11.7 Å². The molecular weight excluding hydrogens is 318 g/mol. The third kappa shape index (κ3) is 5.51. The van der Waals surface area contributed by atoms with Crippen LogP contribution in [-0.2, 0) is 24.1 Å². The Bertz CT molecular complexity index is 711. The Labute approximate surface area is 147 Å². The number of rotatable bonds is 8. The van der Waals surface area contributed by atoms with Crippen molar-refractivity contribution in [1.82, 2.24) is 24.8 Å². The Hall–Kier alpha value is -1.99. The van der Waals surface area contributed by atoms with Crippen molar-refractivity contribution in [1.29, 1.82) is 0 Å². The van der Waals surface area contributed by atoms with Crippen LogP contribution in [0.25, 0.3) is 0 Å². The molecule has 7 nitrogen and oxygen atoms in total. The van der Waals surface area contributed by atoms with Gasteiger partial charge in [0, 0.05) is 49.7 Å². The molecule has 1 aliphatic heterocycles. The summed E-state index contributed by atoms with van der Waals surface area (Å²) in [6, 6.07) is 1.56. The highest BCUT2D eigenvalue weighted by Crippen LogP contribution is 2.14. The maximum absolute atomic E-state index is 11.3. The van der Waals surface area contributed by atoms with E-state index in [0.29, 0.717) is 0 Å². The zero-order valence-electron chi connectivity index (χ0n) is 14.8. The van der Waals surface area contributed by atoms with Crippen LogP contribution in [0.15, 0.2) is 23.4 Å². The van der Waals surface area contributed by atoms with E-state index < -0.39 is 0 Å². The fourth-order valence-corrected chi connectivity index (χ4v) is 3.15. The number of hydrogen-bond donors (Lipinski definition) is 2. The molecule has 1 saturated heterocycles. The lowest BCUT2D eigenvalue weighted by molar-refractivity contribution is -0.0349. The minimum absolute atomic E-state index is 0.102. The summed E-state index contributed by atoms with van der Waals surface area (Å²) in [6.07, 6.45) is 8.59. The van der Waals surface area contributed by atoms with E-state index >= 15 is 0 Å². The van der Waals surface area contributed by atoms with Gasteiger partial charge in [0.2, 0.25) is 0 Å². The van der Waals surface area contributed by atoms with E-state index in [1.807, 2.05) is 6.20 Å². The Morgan fingerprint density at radius 1 is 1.36 bits per heavy atom. The number of aromatic amines is 2. The number of H-pyrrole nitrogens is 2. The second-order valence-corrected chi connectivity index (χ2v) is 6.63. The molecule has 0 amide bonds. The minimum Gasteiger partial charge on any atom is -0.376 e. The molecule has 1 atom stereocenters. The summed E-state index contributed by atoms with van der Waals surface area (Å²) in [5.74, 6) is 1.09. The van der Waals surface area contributed by atoms with Crippen molar-refractivity contribution in [2.45, 2.75) is 51.7 Å². The summed E-state index contributed by atoms with van der Waals surface area (Å²) >= 11 is 0. The average Bonchev–Trinajstić information content (AvgIpc) is 3.06. The summed E-state index contributed by atoms with van der Waals surface area (Å²) in [5.41, 5.74) is 1.89. The fraction of sp³-hybridized carbons (Fsp3) is 0.611. The summed E-state index contributed by atoms with van der Waals surface area (Å²) in [4.78, 5) is 28.4. The Morgan fingerprint density at radius 2 is 2.28 bits per heavy atom. The Morgan fingerprint density at radius 3 is 3.12 bits per heavy atom. The number of ether oxygens (including phenoxy) is 1. The number of aromatic nitrogens is 4. The van der Waals surface area contributed by atoms with Crippen LogP contribution in [0, 0.1) is 0 Å². The van der Waals surface area contributed by atoms with Crippen molar-refractivity contribution in [3.05, 3.63) is 46.2 Å². The quantitative estimate of drug-likeness (QED) is 0.760.